The maximum absolute atomic E-state index is 14.8. The Morgan fingerprint density at radius 2 is 1.69 bits per heavy atom. The topological polar surface area (TPSA) is 97.8 Å². The Morgan fingerprint density at radius 3 is 2.48 bits per heavy atom. The number of fused-ring (bicyclic) bond motifs is 6. The van der Waals surface area contributed by atoms with Gasteiger partial charge in [0.1, 0.15) is 28.6 Å². The van der Waals surface area contributed by atoms with Crippen LogP contribution < -0.4 is 14.8 Å². The van der Waals surface area contributed by atoms with Crippen molar-refractivity contribution in [2.45, 2.75) is 17.5 Å². The second-order valence-electron chi connectivity index (χ2n) is 10.6. The van der Waals surface area contributed by atoms with Crippen molar-refractivity contribution < 1.29 is 23.9 Å². The normalized spacial score (nSPS) is 23.1. The van der Waals surface area contributed by atoms with E-state index in [4.69, 9.17) is 9.47 Å². The Hall–Kier alpha value is -5.24. The smallest absolute Gasteiger partial charge is 0.238 e. The molecule has 0 aliphatic carbocycles. The van der Waals surface area contributed by atoms with Crippen molar-refractivity contribution in [1.82, 2.24) is 9.88 Å². The number of amides is 1. The number of ether oxygens (including phenoxy) is 2. The first-order valence-electron chi connectivity index (χ1n) is 13.7. The highest BCUT2D eigenvalue weighted by Crippen LogP contribution is 2.62. The number of benzene rings is 3. The zero-order valence-corrected chi connectivity index (χ0v) is 23.0. The van der Waals surface area contributed by atoms with E-state index < -0.39 is 23.4 Å². The van der Waals surface area contributed by atoms with E-state index >= 15 is 0 Å². The van der Waals surface area contributed by atoms with Crippen LogP contribution in [0, 0.1) is 5.92 Å². The molecule has 4 heterocycles. The van der Waals surface area contributed by atoms with Crippen molar-refractivity contribution >= 4 is 29.2 Å². The lowest BCUT2D eigenvalue weighted by atomic mass is 9.63. The summed E-state index contributed by atoms with van der Waals surface area (Å²) in [4.78, 5) is 50.3. The van der Waals surface area contributed by atoms with Crippen LogP contribution in [-0.4, -0.2) is 47.6 Å². The van der Waals surface area contributed by atoms with E-state index in [-0.39, 0.29) is 28.7 Å². The summed E-state index contributed by atoms with van der Waals surface area (Å²) in [5.41, 5.74) is 2.15. The zero-order chi connectivity index (χ0) is 29.0. The van der Waals surface area contributed by atoms with Crippen LogP contribution in [0.25, 0.3) is 6.08 Å². The summed E-state index contributed by atoms with van der Waals surface area (Å²) in [6.45, 7) is 0. The van der Waals surface area contributed by atoms with E-state index in [2.05, 4.69) is 10.3 Å². The number of anilines is 1. The Bertz CT molecular complexity index is 1790. The highest BCUT2D eigenvalue weighted by atomic mass is 16.5. The van der Waals surface area contributed by atoms with Gasteiger partial charge in [-0.05, 0) is 53.1 Å². The first-order valence-corrected chi connectivity index (χ1v) is 13.7. The van der Waals surface area contributed by atoms with Gasteiger partial charge in [0, 0.05) is 24.2 Å². The van der Waals surface area contributed by atoms with Gasteiger partial charge in [-0.25, -0.2) is 0 Å². The van der Waals surface area contributed by atoms with Gasteiger partial charge >= 0.3 is 0 Å². The van der Waals surface area contributed by atoms with Gasteiger partial charge in [0.2, 0.25) is 5.91 Å². The maximum atomic E-state index is 14.8. The number of para-hydroxylation sites is 1. The minimum absolute atomic E-state index is 0.190. The lowest BCUT2D eigenvalue weighted by Crippen LogP contribution is -2.49. The van der Waals surface area contributed by atoms with Crippen LogP contribution in [0.2, 0.25) is 0 Å². The van der Waals surface area contributed by atoms with Gasteiger partial charge in [-0.2, -0.15) is 0 Å². The number of hydrogen-bond donors (Lipinski definition) is 1. The van der Waals surface area contributed by atoms with E-state index in [1.165, 1.54) is 14.2 Å². The van der Waals surface area contributed by atoms with Crippen LogP contribution in [0.1, 0.15) is 43.6 Å². The molecule has 0 bridgehead atoms. The SMILES string of the molecule is COc1ccc(C(=O)[C@@H]2[C@H](C(=O)c3ccccn3)[C@@]3(C(=O)Nc4ccccc43)[C@H]3c4ccccc4C=CN23)c(OC)c1. The van der Waals surface area contributed by atoms with Gasteiger partial charge in [0.25, 0.3) is 0 Å². The molecule has 0 unspecified atom stereocenters. The third-order valence-electron chi connectivity index (χ3n) is 8.71. The first-order chi connectivity index (χ1) is 20.5. The fourth-order valence-electron chi connectivity index (χ4n) is 7.00. The number of nitrogens with zero attached hydrogens (tertiary/aromatic N) is 2. The van der Waals surface area contributed by atoms with Gasteiger partial charge in [0.15, 0.2) is 11.6 Å². The summed E-state index contributed by atoms with van der Waals surface area (Å²) >= 11 is 0. The van der Waals surface area contributed by atoms with Crippen molar-refractivity contribution in [1.29, 1.82) is 0 Å². The quantitative estimate of drug-likeness (QED) is 0.330. The predicted molar refractivity (Wildman–Crippen MR) is 157 cm³/mol. The molecule has 0 saturated carbocycles. The van der Waals surface area contributed by atoms with Gasteiger partial charge in [0.05, 0.1) is 31.7 Å². The molecule has 3 aromatic carbocycles. The minimum Gasteiger partial charge on any atom is -0.497 e. The molecule has 4 aromatic rings. The lowest BCUT2D eigenvalue weighted by molar-refractivity contribution is -0.122. The molecule has 42 heavy (non-hydrogen) atoms. The number of methoxy groups -OCH3 is 2. The Labute approximate surface area is 242 Å². The molecule has 1 aromatic heterocycles. The van der Waals surface area contributed by atoms with Crippen molar-refractivity contribution in [3.05, 3.63) is 125 Å². The molecule has 1 amide bonds. The molecule has 1 N–H and O–H groups in total. The molecule has 208 valence electrons. The molecule has 1 fully saturated rings. The van der Waals surface area contributed by atoms with Gasteiger partial charge < -0.3 is 19.7 Å². The number of hydrogen-bond acceptors (Lipinski definition) is 7. The molecule has 1 saturated heterocycles. The van der Waals surface area contributed by atoms with Crippen molar-refractivity contribution in [3.63, 3.8) is 0 Å². The van der Waals surface area contributed by atoms with E-state index in [0.717, 1.165) is 11.1 Å². The summed E-state index contributed by atoms with van der Waals surface area (Å²) in [5, 5.41) is 3.05. The van der Waals surface area contributed by atoms with Crippen LogP contribution in [-0.2, 0) is 10.2 Å². The Balaban J connectivity index is 1.53. The average molecular weight is 558 g/mol. The molecular weight excluding hydrogens is 530 g/mol. The third-order valence-corrected chi connectivity index (χ3v) is 8.71. The first kappa shape index (κ1) is 25.7. The number of Topliss-reactive ketones (excluding diaryl/α,β-unsaturated/α-hetero) is 2. The second-order valence-corrected chi connectivity index (χ2v) is 10.6. The maximum Gasteiger partial charge on any atom is 0.238 e. The summed E-state index contributed by atoms with van der Waals surface area (Å²) in [5.74, 6) is -1.31. The van der Waals surface area contributed by atoms with Crippen molar-refractivity contribution in [3.8, 4) is 11.5 Å². The summed E-state index contributed by atoms with van der Waals surface area (Å²) < 4.78 is 11.0. The van der Waals surface area contributed by atoms with Crippen molar-refractivity contribution in [2.24, 2.45) is 5.92 Å². The predicted octanol–water partition coefficient (Wildman–Crippen LogP) is 5.08. The van der Waals surface area contributed by atoms with E-state index in [0.29, 0.717) is 22.7 Å². The highest BCUT2D eigenvalue weighted by molar-refractivity contribution is 6.16. The summed E-state index contributed by atoms with van der Waals surface area (Å²) in [6.07, 6.45) is 5.31. The lowest BCUT2D eigenvalue weighted by Gasteiger charge is -2.38. The third kappa shape index (κ3) is 3.48. The zero-order valence-electron chi connectivity index (χ0n) is 23.0. The molecule has 8 heteroatoms. The number of rotatable bonds is 6. The van der Waals surface area contributed by atoms with Gasteiger partial charge in [-0.1, -0.05) is 48.5 Å². The number of ketones is 2. The van der Waals surface area contributed by atoms with Crippen LogP contribution in [0.3, 0.4) is 0 Å². The molecular formula is C34H27N3O5. The van der Waals surface area contributed by atoms with E-state index in [1.54, 1.807) is 42.6 Å². The van der Waals surface area contributed by atoms with E-state index in [1.807, 2.05) is 65.7 Å². The molecule has 3 aliphatic heterocycles. The molecule has 4 atom stereocenters. The number of carbonyl (C=O) groups is 3. The standard InChI is InChI=1S/C34H27N3O5/c1-41-21-14-15-23(27(19-21)42-2)30(38)29-28(31(39)26-13-7-8-17-35-26)34(24-11-5-6-12-25(24)36-33(34)40)32-22-10-4-3-9-20(22)16-18-37(29)32/h3-19,28-29,32H,1-2H3,(H,36,40)/t28-,29+,32-,34-/m1/s1. The van der Waals surface area contributed by atoms with Crippen LogP contribution >= 0.6 is 0 Å². The second kappa shape index (κ2) is 9.69. The number of nitrogens with one attached hydrogen (secondary N) is 1. The van der Waals surface area contributed by atoms with Crippen LogP contribution in [0.15, 0.2) is 97.3 Å². The van der Waals surface area contributed by atoms with E-state index in [9.17, 15) is 14.4 Å². The molecule has 3 aliphatic rings. The monoisotopic (exact) mass is 557 g/mol. The fourth-order valence-corrected chi connectivity index (χ4v) is 7.00. The Morgan fingerprint density at radius 1 is 0.905 bits per heavy atom. The van der Waals surface area contributed by atoms with Crippen LogP contribution in [0.5, 0.6) is 11.5 Å². The van der Waals surface area contributed by atoms with Crippen LogP contribution in [0.4, 0.5) is 5.69 Å². The average Bonchev–Trinajstić information content (AvgIpc) is 3.52. The molecule has 8 nitrogen and oxygen atoms in total. The van der Waals surface area contributed by atoms with Gasteiger partial charge in [-0.15, -0.1) is 0 Å². The Kier molecular flexibility index (Phi) is 5.93. The number of pyridine rings is 1. The number of carbonyl (C=O) groups excluding carboxylic acids is 3. The van der Waals surface area contributed by atoms with Crippen molar-refractivity contribution in [2.75, 3.05) is 19.5 Å². The number of aromatic nitrogens is 1. The van der Waals surface area contributed by atoms with Gasteiger partial charge in [-0.3, -0.25) is 19.4 Å². The molecule has 7 rings (SSSR count). The summed E-state index contributed by atoms with van der Waals surface area (Å²) in [6, 6.07) is 23.6. The fraction of sp³-hybridized carbons (Fsp3) is 0.176. The largest absolute Gasteiger partial charge is 0.497 e. The molecule has 1 spiro atoms. The minimum atomic E-state index is -1.42. The molecule has 0 radical (unpaired) electrons. The summed E-state index contributed by atoms with van der Waals surface area (Å²) in [7, 11) is 3.02. The highest BCUT2D eigenvalue weighted by Gasteiger charge is 2.71.